The van der Waals surface area contributed by atoms with Crippen LogP contribution in [0.15, 0.2) is 18.2 Å². The summed E-state index contributed by atoms with van der Waals surface area (Å²) in [7, 11) is 0. The number of aliphatic hydroxyl groups excluding tert-OH is 1. The lowest BCUT2D eigenvalue weighted by Gasteiger charge is -2.23. The molecule has 1 aliphatic carbocycles. The van der Waals surface area contributed by atoms with Gasteiger partial charge in [0.2, 0.25) is 5.95 Å². The molecule has 0 bridgehead atoms. The summed E-state index contributed by atoms with van der Waals surface area (Å²) in [6, 6.07) is 6.21. The molecular formula is C14H18IN3O. The van der Waals surface area contributed by atoms with Crippen LogP contribution >= 0.6 is 22.6 Å². The van der Waals surface area contributed by atoms with Gasteiger partial charge in [0.1, 0.15) is 0 Å². The molecule has 0 amide bonds. The van der Waals surface area contributed by atoms with Crippen LogP contribution in [-0.4, -0.2) is 20.8 Å². The number of nitrogens with zero attached hydrogens (tertiary/aromatic N) is 2. The molecule has 1 aromatic heterocycles. The van der Waals surface area contributed by atoms with E-state index in [1.807, 2.05) is 10.6 Å². The van der Waals surface area contributed by atoms with E-state index in [-0.39, 0.29) is 12.1 Å². The van der Waals surface area contributed by atoms with Gasteiger partial charge in [-0.25, -0.2) is 4.98 Å². The van der Waals surface area contributed by atoms with Crippen molar-refractivity contribution in [1.29, 1.82) is 0 Å². The average molecular weight is 371 g/mol. The second kappa shape index (κ2) is 5.28. The third kappa shape index (κ3) is 2.45. The number of hydrogen-bond acceptors (Lipinski definition) is 3. The number of nitrogen functional groups attached to an aromatic ring is 1. The number of aromatic nitrogens is 2. The Morgan fingerprint density at radius 1 is 1.26 bits per heavy atom. The van der Waals surface area contributed by atoms with Gasteiger partial charge in [0, 0.05) is 3.57 Å². The highest BCUT2D eigenvalue weighted by Gasteiger charge is 2.26. The lowest BCUT2D eigenvalue weighted by atomic mass is 10.1. The Kier molecular flexibility index (Phi) is 3.66. The van der Waals surface area contributed by atoms with Crippen LogP contribution in [0.5, 0.6) is 0 Å². The van der Waals surface area contributed by atoms with Gasteiger partial charge in [-0.2, -0.15) is 0 Å². The first kappa shape index (κ1) is 13.2. The summed E-state index contributed by atoms with van der Waals surface area (Å²) >= 11 is 2.27. The van der Waals surface area contributed by atoms with Gasteiger partial charge in [0.15, 0.2) is 0 Å². The first-order chi connectivity index (χ1) is 9.16. The lowest BCUT2D eigenvalue weighted by Crippen LogP contribution is -2.24. The lowest BCUT2D eigenvalue weighted by molar-refractivity contribution is 0.108. The predicted molar refractivity (Wildman–Crippen MR) is 85.0 cm³/mol. The zero-order valence-corrected chi connectivity index (χ0v) is 12.9. The molecule has 0 spiro atoms. The maximum Gasteiger partial charge on any atom is 0.201 e. The molecule has 4 nitrogen and oxygen atoms in total. The number of aliphatic hydroxyl groups is 1. The minimum absolute atomic E-state index is 0.0626. The molecule has 1 saturated carbocycles. The zero-order valence-electron chi connectivity index (χ0n) is 10.7. The minimum Gasteiger partial charge on any atom is -0.391 e. The van der Waals surface area contributed by atoms with E-state index in [1.165, 1.54) is 6.42 Å². The number of benzene rings is 1. The maximum atomic E-state index is 10.4. The summed E-state index contributed by atoms with van der Waals surface area (Å²) in [6.45, 7) is 0. The van der Waals surface area contributed by atoms with E-state index in [4.69, 9.17) is 5.73 Å². The van der Waals surface area contributed by atoms with Crippen LogP contribution in [0.1, 0.15) is 38.1 Å². The molecule has 5 heteroatoms. The van der Waals surface area contributed by atoms with Crippen molar-refractivity contribution in [2.75, 3.05) is 5.73 Å². The molecule has 2 aromatic rings. The number of hydrogen-bond donors (Lipinski definition) is 2. The van der Waals surface area contributed by atoms with E-state index in [9.17, 15) is 5.11 Å². The SMILES string of the molecule is Nc1nc2cc(I)ccc2n1C1CCCCCC1O. The van der Waals surface area contributed by atoms with Gasteiger partial charge < -0.3 is 15.4 Å². The molecule has 1 fully saturated rings. The maximum absolute atomic E-state index is 10.4. The highest BCUT2D eigenvalue weighted by atomic mass is 127. The Labute approximate surface area is 126 Å². The molecule has 3 N–H and O–H groups in total. The van der Waals surface area contributed by atoms with E-state index < -0.39 is 0 Å². The van der Waals surface area contributed by atoms with Crippen molar-refractivity contribution >= 4 is 39.6 Å². The second-order valence-corrected chi connectivity index (χ2v) is 6.49. The standard InChI is InChI=1S/C14H18IN3O/c15-9-6-7-11-10(8-9)17-14(16)18(11)12-4-2-1-3-5-13(12)19/h6-8,12-13,19H,1-5H2,(H2,16,17). The average Bonchev–Trinajstić information content (AvgIpc) is 2.54. The largest absolute Gasteiger partial charge is 0.391 e. The van der Waals surface area contributed by atoms with Crippen LogP contribution in [0.2, 0.25) is 0 Å². The molecule has 0 radical (unpaired) electrons. The van der Waals surface area contributed by atoms with Crippen molar-refractivity contribution in [2.24, 2.45) is 0 Å². The summed E-state index contributed by atoms with van der Waals surface area (Å²) in [5.41, 5.74) is 8.03. The van der Waals surface area contributed by atoms with Gasteiger partial charge in [-0.3, -0.25) is 0 Å². The summed E-state index contributed by atoms with van der Waals surface area (Å²) in [6.07, 6.45) is 4.95. The van der Waals surface area contributed by atoms with E-state index in [0.717, 1.165) is 40.3 Å². The fourth-order valence-corrected chi connectivity index (χ4v) is 3.48. The molecule has 1 heterocycles. The van der Waals surface area contributed by atoms with Crippen molar-refractivity contribution in [1.82, 2.24) is 9.55 Å². The number of halogens is 1. The van der Waals surface area contributed by atoms with Crippen LogP contribution in [0.4, 0.5) is 5.95 Å². The highest BCUT2D eigenvalue weighted by Crippen LogP contribution is 2.33. The fourth-order valence-electron chi connectivity index (χ4n) is 3.01. The fraction of sp³-hybridized carbons (Fsp3) is 0.500. The molecule has 3 rings (SSSR count). The number of nitrogens with two attached hydrogens (primary N) is 1. The van der Waals surface area contributed by atoms with Crippen LogP contribution < -0.4 is 5.73 Å². The molecule has 0 aliphatic heterocycles. The molecule has 2 unspecified atom stereocenters. The Hall–Kier alpha value is -0.820. The number of rotatable bonds is 1. The number of anilines is 1. The molecular weight excluding hydrogens is 353 g/mol. The molecule has 2 atom stereocenters. The minimum atomic E-state index is -0.318. The van der Waals surface area contributed by atoms with Crippen LogP contribution in [0.3, 0.4) is 0 Å². The second-order valence-electron chi connectivity index (χ2n) is 5.25. The summed E-state index contributed by atoms with van der Waals surface area (Å²) in [4.78, 5) is 4.44. The van der Waals surface area contributed by atoms with Crippen molar-refractivity contribution in [3.05, 3.63) is 21.8 Å². The van der Waals surface area contributed by atoms with Gasteiger partial charge in [-0.1, -0.05) is 19.3 Å². The van der Waals surface area contributed by atoms with Crippen molar-refractivity contribution in [2.45, 2.75) is 44.2 Å². The van der Waals surface area contributed by atoms with Gasteiger partial charge in [-0.05, 0) is 53.6 Å². The Balaban J connectivity index is 2.10. The van der Waals surface area contributed by atoms with Crippen LogP contribution in [0.25, 0.3) is 11.0 Å². The quantitative estimate of drug-likeness (QED) is 0.598. The highest BCUT2D eigenvalue weighted by molar-refractivity contribution is 14.1. The topological polar surface area (TPSA) is 64.1 Å². The first-order valence-electron chi connectivity index (χ1n) is 6.78. The Morgan fingerprint density at radius 2 is 2.05 bits per heavy atom. The third-order valence-electron chi connectivity index (χ3n) is 3.95. The molecule has 1 aliphatic rings. The van der Waals surface area contributed by atoms with Gasteiger partial charge in [0.25, 0.3) is 0 Å². The summed E-state index contributed by atoms with van der Waals surface area (Å²) in [5, 5.41) is 10.4. The Bertz CT molecular complexity index is 596. The normalized spacial score (nSPS) is 24.5. The Morgan fingerprint density at radius 3 is 2.89 bits per heavy atom. The van der Waals surface area contributed by atoms with Crippen molar-refractivity contribution in [3.8, 4) is 0 Å². The van der Waals surface area contributed by atoms with E-state index >= 15 is 0 Å². The molecule has 102 valence electrons. The van der Waals surface area contributed by atoms with Gasteiger partial charge in [0.05, 0.1) is 23.2 Å². The van der Waals surface area contributed by atoms with Gasteiger partial charge >= 0.3 is 0 Å². The van der Waals surface area contributed by atoms with Gasteiger partial charge in [-0.15, -0.1) is 0 Å². The van der Waals surface area contributed by atoms with E-state index in [0.29, 0.717) is 5.95 Å². The summed E-state index contributed by atoms with van der Waals surface area (Å²) < 4.78 is 3.18. The van der Waals surface area contributed by atoms with Crippen LogP contribution in [-0.2, 0) is 0 Å². The van der Waals surface area contributed by atoms with E-state index in [1.54, 1.807) is 0 Å². The predicted octanol–water partition coefficient (Wildman–Crippen LogP) is 3.09. The zero-order chi connectivity index (χ0) is 13.4. The smallest absolute Gasteiger partial charge is 0.201 e. The first-order valence-corrected chi connectivity index (χ1v) is 7.86. The molecule has 19 heavy (non-hydrogen) atoms. The van der Waals surface area contributed by atoms with Crippen LogP contribution in [0, 0.1) is 3.57 Å². The third-order valence-corrected chi connectivity index (χ3v) is 4.63. The summed E-state index contributed by atoms with van der Waals surface area (Å²) in [5.74, 6) is 0.517. The molecule has 0 saturated heterocycles. The number of imidazole rings is 1. The number of fused-ring (bicyclic) bond motifs is 1. The molecule has 1 aromatic carbocycles. The van der Waals surface area contributed by atoms with Crippen molar-refractivity contribution < 1.29 is 5.11 Å². The van der Waals surface area contributed by atoms with Crippen molar-refractivity contribution in [3.63, 3.8) is 0 Å². The monoisotopic (exact) mass is 371 g/mol. The van der Waals surface area contributed by atoms with E-state index in [2.05, 4.69) is 39.7 Å².